The summed E-state index contributed by atoms with van der Waals surface area (Å²) in [6.07, 6.45) is -0.211. The van der Waals surface area contributed by atoms with E-state index in [0.717, 1.165) is 5.56 Å². The molecule has 1 aliphatic rings. The van der Waals surface area contributed by atoms with Gasteiger partial charge in [-0.25, -0.2) is 8.78 Å². The van der Waals surface area contributed by atoms with Gasteiger partial charge in [-0.1, -0.05) is 0 Å². The first-order chi connectivity index (χ1) is 6.43. The Kier molecular flexibility index (Phi) is 2.02. The molecule has 2 rings (SSSR count). The van der Waals surface area contributed by atoms with Crippen LogP contribution in [0.15, 0.2) is 15.2 Å². The topological polar surface area (TPSA) is 39.2 Å². The zero-order valence-corrected chi connectivity index (χ0v) is 9.20. The molecule has 0 radical (unpaired) electrons. The van der Waals surface area contributed by atoms with Gasteiger partial charge in [0, 0.05) is 13.0 Å². The molecule has 0 bridgehead atoms. The standard InChI is InChI=1S/C9H10BrF2NO/c1-5-2-6(10)14-7(5)8(4-13)3-9(8,11)12/h2H,3-4,13H2,1H3. The van der Waals surface area contributed by atoms with Crippen LogP contribution >= 0.6 is 15.9 Å². The molecule has 1 saturated carbocycles. The molecule has 1 aromatic heterocycles. The van der Waals surface area contributed by atoms with Crippen LogP contribution in [0.1, 0.15) is 17.7 Å². The Balaban J connectivity index is 2.45. The zero-order valence-electron chi connectivity index (χ0n) is 7.61. The fourth-order valence-electron chi connectivity index (χ4n) is 1.81. The maximum absolute atomic E-state index is 13.2. The summed E-state index contributed by atoms with van der Waals surface area (Å²) in [4.78, 5) is 0. The number of alkyl halides is 2. The molecule has 1 aliphatic carbocycles. The van der Waals surface area contributed by atoms with E-state index < -0.39 is 11.3 Å². The first-order valence-electron chi connectivity index (χ1n) is 4.27. The smallest absolute Gasteiger partial charge is 0.263 e. The third-order valence-corrected chi connectivity index (χ3v) is 3.16. The molecule has 0 saturated heterocycles. The quantitative estimate of drug-likeness (QED) is 0.893. The highest BCUT2D eigenvalue weighted by atomic mass is 79.9. The summed E-state index contributed by atoms with van der Waals surface area (Å²) in [5.41, 5.74) is 4.86. The largest absolute Gasteiger partial charge is 0.453 e. The molecule has 5 heteroatoms. The van der Waals surface area contributed by atoms with Crippen molar-refractivity contribution < 1.29 is 13.2 Å². The Morgan fingerprint density at radius 2 is 2.21 bits per heavy atom. The monoisotopic (exact) mass is 265 g/mol. The molecule has 0 spiro atoms. The molecule has 1 aromatic rings. The van der Waals surface area contributed by atoms with Crippen molar-refractivity contribution in [2.75, 3.05) is 6.54 Å². The number of rotatable bonds is 2. The maximum atomic E-state index is 13.2. The minimum Gasteiger partial charge on any atom is -0.453 e. The highest BCUT2D eigenvalue weighted by molar-refractivity contribution is 9.10. The second-order valence-corrected chi connectivity index (χ2v) is 4.51. The lowest BCUT2D eigenvalue weighted by Crippen LogP contribution is -2.26. The minimum absolute atomic E-state index is 0.0825. The van der Waals surface area contributed by atoms with Crippen LogP contribution < -0.4 is 5.73 Å². The van der Waals surface area contributed by atoms with E-state index in [2.05, 4.69) is 15.9 Å². The predicted octanol–water partition coefficient (Wildman–Crippen LogP) is 2.59. The molecule has 2 nitrogen and oxygen atoms in total. The summed E-state index contributed by atoms with van der Waals surface area (Å²) in [6, 6.07) is 1.68. The number of furan rings is 1. The highest BCUT2D eigenvalue weighted by Crippen LogP contribution is 2.62. The van der Waals surface area contributed by atoms with Crippen LogP contribution in [-0.4, -0.2) is 12.5 Å². The van der Waals surface area contributed by atoms with Gasteiger partial charge in [0.15, 0.2) is 4.67 Å². The Morgan fingerprint density at radius 3 is 2.50 bits per heavy atom. The summed E-state index contributed by atoms with van der Waals surface area (Å²) >= 11 is 3.12. The van der Waals surface area contributed by atoms with Gasteiger partial charge in [0.2, 0.25) is 0 Å². The SMILES string of the molecule is Cc1cc(Br)oc1C1(CN)CC1(F)F. The van der Waals surface area contributed by atoms with Crippen LogP contribution in [0.5, 0.6) is 0 Å². The molecular formula is C9H10BrF2NO. The molecule has 2 N–H and O–H groups in total. The summed E-state index contributed by atoms with van der Waals surface area (Å²) in [5, 5.41) is 0. The van der Waals surface area contributed by atoms with Crippen LogP contribution in [0.25, 0.3) is 0 Å². The Hall–Kier alpha value is -0.420. The molecule has 1 fully saturated rings. The Labute approximate surface area is 88.6 Å². The zero-order chi connectivity index (χ0) is 10.6. The van der Waals surface area contributed by atoms with Crippen LogP contribution in [0.3, 0.4) is 0 Å². The van der Waals surface area contributed by atoms with E-state index in [1.807, 2.05) is 0 Å². The van der Waals surface area contributed by atoms with Crippen molar-refractivity contribution in [3.05, 3.63) is 22.1 Å². The number of halogens is 3. The van der Waals surface area contributed by atoms with Crippen LogP contribution in [0.4, 0.5) is 8.78 Å². The van der Waals surface area contributed by atoms with Gasteiger partial charge in [-0.15, -0.1) is 0 Å². The van der Waals surface area contributed by atoms with Gasteiger partial charge in [-0.2, -0.15) is 0 Å². The van der Waals surface area contributed by atoms with Crippen LogP contribution in [0.2, 0.25) is 0 Å². The second kappa shape index (κ2) is 2.79. The van der Waals surface area contributed by atoms with Gasteiger partial charge in [0.05, 0.1) is 0 Å². The van der Waals surface area contributed by atoms with E-state index >= 15 is 0 Å². The van der Waals surface area contributed by atoms with E-state index in [0.29, 0.717) is 10.4 Å². The van der Waals surface area contributed by atoms with Gasteiger partial charge >= 0.3 is 0 Å². The molecule has 0 amide bonds. The highest BCUT2D eigenvalue weighted by Gasteiger charge is 2.73. The minimum atomic E-state index is -2.72. The lowest BCUT2D eigenvalue weighted by molar-refractivity contribution is 0.0834. The molecule has 0 aromatic carbocycles. The van der Waals surface area contributed by atoms with Gasteiger partial charge in [0.25, 0.3) is 5.92 Å². The van der Waals surface area contributed by atoms with Crippen LogP contribution in [-0.2, 0) is 5.41 Å². The summed E-state index contributed by atoms with van der Waals surface area (Å²) in [7, 11) is 0. The molecule has 78 valence electrons. The normalized spacial score (nSPS) is 29.2. The Morgan fingerprint density at radius 1 is 1.64 bits per heavy atom. The molecule has 1 heterocycles. The van der Waals surface area contributed by atoms with E-state index in [1.165, 1.54) is 0 Å². The average molecular weight is 266 g/mol. The summed E-state index contributed by atoms with van der Waals surface area (Å²) < 4.78 is 32.0. The number of nitrogens with two attached hydrogens (primary N) is 1. The van der Waals surface area contributed by atoms with E-state index in [4.69, 9.17) is 10.2 Å². The lowest BCUT2D eigenvalue weighted by Gasteiger charge is -2.11. The second-order valence-electron chi connectivity index (χ2n) is 3.73. The Bertz CT molecular complexity index is 377. The van der Waals surface area contributed by atoms with Crippen molar-refractivity contribution in [2.45, 2.75) is 24.7 Å². The average Bonchev–Trinajstić information content (AvgIpc) is 2.48. The first kappa shape index (κ1) is 10.1. The van der Waals surface area contributed by atoms with Gasteiger partial charge in [0.1, 0.15) is 11.2 Å². The van der Waals surface area contributed by atoms with Crippen molar-refractivity contribution in [3.8, 4) is 0 Å². The van der Waals surface area contributed by atoms with E-state index in [1.54, 1.807) is 13.0 Å². The van der Waals surface area contributed by atoms with Crippen LogP contribution in [0, 0.1) is 6.92 Å². The van der Waals surface area contributed by atoms with E-state index in [-0.39, 0.29) is 13.0 Å². The molecule has 14 heavy (non-hydrogen) atoms. The summed E-state index contributed by atoms with van der Waals surface area (Å²) in [6.45, 7) is 1.66. The van der Waals surface area contributed by atoms with Crippen molar-refractivity contribution in [2.24, 2.45) is 5.73 Å². The third kappa shape index (κ3) is 1.15. The number of aryl methyl sites for hydroxylation is 1. The van der Waals surface area contributed by atoms with Crippen molar-refractivity contribution >= 4 is 15.9 Å². The molecule has 1 unspecified atom stereocenters. The molecular weight excluding hydrogens is 256 g/mol. The maximum Gasteiger partial charge on any atom is 0.263 e. The fourth-order valence-corrected chi connectivity index (χ4v) is 2.32. The van der Waals surface area contributed by atoms with Gasteiger partial charge in [-0.05, 0) is 34.5 Å². The van der Waals surface area contributed by atoms with Gasteiger partial charge in [-0.3, -0.25) is 0 Å². The van der Waals surface area contributed by atoms with Crippen molar-refractivity contribution in [1.82, 2.24) is 0 Å². The third-order valence-electron chi connectivity index (χ3n) is 2.77. The number of hydrogen-bond acceptors (Lipinski definition) is 2. The summed E-state index contributed by atoms with van der Waals surface area (Å²) in [5.74, 6) is -2.40. The lowest BCUT2D eigenvalue weighted by atomic mass is 10.00. The van der Waals surface area contributed by atoms with Crippen molar-refractivity contribution in [1.29, 1.82) is 0 Å². The first-order valence-corrected chi connectivity index (χ1v) is 5.06. The van der Waals surface area contributed by atoms with E-state index in [9.17, 15) is 8.78 Å². The molecule has 0 aliphatic heterocycles. The van der Waals surface area contributed by atoms with Gasteiger partial charge < -0.3 is 10.2 Å². The fraction of sp³-hybridized carbons (Fsp3) is 0.556. The van der Waals surface area contributed by atoms with Crippen molar-refractivity contribution in [3.63, 3.8) is 0 Å². The predicted molar refractivity (Wildman–Crippen MR) is 51.4 cm³/mol. The molecule has 1 atom stereocenters. The number of hydrogen-bond donors (Lipinski definition) is 1.